The number of furan rings is 1. The Morgan fingerprint density at radius 1 is 1.06 bits per heavy atom. The van der Waals surface area contributed by atoms with Crippen molar-refractivity contribution in [3.8, 4) is 5.75 Å². The quantitative estimate of drug-likeness (QED) is 0.276. The Morgan fingerprint density at radius 3 is 2.55 bits per heavy atom. The molecule has 33 heavy (non-hydrogen) atoms. The first-order valence-electron chi connectivity index (χ1n) is 9.75. The summed E-state index contributed by atoms with van der Waals surface area (Å²) in [6, 6.07) is 13.8. The Morgan fingerprint density at radius 2 is 1.82 bits per heavy atom. The van der Waals surface area contributed by atoms with Crippen molar-refractivity contribution < 1.29 is 13.9 Å². The number of benzene rings is 2. The summed E-state index contributed by atoms with van der Waals surface area (Å²) in [5.74, 6) is 0.959. The zero-order valence-electron chi connectivity index (χ0n) is 17.2. The average Bonchev–Trinajstić information content (AvgIpc) is 3.37. The highest BCUT2D eigenvalue weighted by Gasteiger charge is 2.17. The van der Waals surface area contributed by atoms with Crippen LogP contribution in [0.4, 0.5) is 5.82 Å². The van der Waals surface area contributed by atoms with Gasteiger partial charge >= 0.3 is 0 Å². The fourth-order valence-corrected chi connectivity index (χ4v) is 4.02. The smallest absolute Gasteiger partial charge is 0.292 e. The summed E-state index contributed by atoms with van der Waals surface area (Å²) in [7, 11) is 0. The third-order valence-electron chi connectivity index (χ3n) is 4.72. The Bertz CT molecular complexity index is 1300. The van der Waals surface area contributed by atoms with Crippen LogP contribution in [0.2, 0.25) is 20.1 Å². The normalized spacial score (nSPS) is 10.9. The summed E-state index contributed by atoms with van der Waals surface area (Å²) in [4.78, 5) is 12.6. The van der Waals surface area contributed by atoms with Gasteiger partial charge in [-0.1, -0.05) is 52.5 Å². The summed E-state index contributed by atoms with van der Waals surface area (Å²) in [5.41, 5.74) is 1.60. The number of ether oxygens (including phenoxy) is 1. The molecular weight excluding hydrogens is 508 g/mol. The molecule has 170 valence electrons. The van der Waals surface area contributed by atoms with Crippen LogP contribution in [0.25, 0.3) is 0 Å². The highest BCUT2D eigenvalue weighted by molar-refractivity contribution is 6.36. The number of hydrogen-bond donors (Lipinski definition) is 1. The van der Waals surface area contributed by atoms with Crippen LogP contribution in [0, 0.1) is 6.92 Å². The summed E-state index contributed by atoms with van der Waals surface area (Å²) in [6.07, 6.45) is 1.58. The van der Waals surface area contributed by atoms with E-state index < -0.39 is 5.91 Å². The second-order valence-corrected chi connectivity index (χ2v) is 8.80. The molecular formula is C23H17Cl4N3O3. The Labute approximate surface area is 210 Å². The molecule has 4 aromatic rings. The number of halogens is 4. The second-order valence-electron chi connectivity index (χ2n) is 7.14. The van der Waals surface area contributed by atoms with Crippen LogP contribution in [0.1, 0.15) is 27.4 Å². The lowest BCUT2D eigenvalue weighted by Crippen LogP contribution is -2.12. The maximum Gasteiger partial charge on any atom is 0.292 e. The molecule has 2 heterocycles. The summed E-state index contributed by atoms with van der Waals surface area (Å²) in [5, 5.41) is 8.88. The highest BCUT2D eigenvalue weighted by atomic mass is 35.5. The molecule has 0 radical (unpaired) electrons. The van der Waals surface area contributed by atoms with Crippen molar-refractivity contribution in [1.82, 2.24) is 9.78 Å². The molecule has 1 amide bonds. The number of nitrogens with zero attached hydrogens (tertiary/aromatic N) is 2. The van der Waals surface area contributed by atoms with Gasteiger partial charge in [-0.15, -0.1) is 0 Å². The van der Waals surface area contributed by atoms with Gasteiger partial charge in [-0.05, 0) is 55.0 Å². The van der Waals surface area contributed by atoms with E-state index in [0.29, 0.717) is 38.7 Å². The van der Waals surface area contributed by atoms with Crippen LogP contribution in [0.5, 0.6) is 5.75 Å². The third kappa shape index (κ3) is 5.65. The first-order valence-corrected chi connectivity index (χ1v) is 11.3. The minimum absolute atomic E-state index is 0.0983. The molecule has 2 aromatic heterocycles. The van der Waals surface area contributed by atoms with Gasteiger partial charge in [0.05, 0.1) is 6.54 Å². The van der Waals surface area contributed by atoms with E-state index >= 15 is 0 Å². The zero-order chi connectivity index (χ0) is 23.5. The van der Waals surface area contributed by atoms with E-state index in [4.69, 9.17) is 55.6 Å². The Balaban J connectivity index is 1.40. The summed E-state index contributed by atoms with van der Waals surface area (Å²) in [6.45, 7) is 2.34. The fourth-order valence-electron chi connectivity index (χ4n) is 3.08. The summed E-state index contributed by atoms with van der Waals surface area (Å²) < 4.78 is 12.9. The van der Waals surface area contributed by atoms with E-state index in [9.17, 15) is 4.79 Å². The molecule has 2 aromatic carbocycles. The minimum atomic E-state index is -0.494. The molecule has 1 N–H and O–H groups in total. The average molecular weight is 525 g/mol. The molecule has 0 fully saturated rings. The molecule has 0 bridgehead atoms. The number of nitrogens with one attached hydrogen (secondary N) is 1. The molecule has 0 spiro atoms. The maximum absolute atomic E-state index is 12.6. The van der Waals surface area contributed by atoms with Crippen LogP contribution < -0.4 is 10.1 Å². The van der Waals surface area contributed by atoms with Crippen molar-refractivity contribution >= 4 is 58.1 Å². The van der Waals surface area contributed by atoms with Crippen molar-refractivity contribution in [3.05, 3.63) is 97.5 Å². The van der Waals surface area contributed by atoms with Gasteiger partial charge in [0, 0.05) is 26.8 Å². The predicted molar refractivity (Wildman–Crippen MR) is 130 cm³/mol. The number of anilines is 1. The van der Waals surface area contributed by atoms with Crippen LogP contribution >= 0.6 is 46.4 Å². The fraction of sp³-hybridized carbons (Fsp3) is 0.130. The monoisotopic (exact) mass is 523 g/mol. The Hall–Kier alpha value is -2.64. The number of carbonyl (C=O) groups is 1. The lowest BCUT2D eigenvalue weighted by atomic mass is 10.2. The predicted octanol–water partition coefficient (Wildman–Crippen LogP) is 7.28. The van der Waals surface area contributed by atoms with Gasteiger partial charge in [-0.3, -0.25) is 9.48 Å². The number of carbonyl (C=O) groups excluding carboxylic acids is 1. The highest BCUT2D eigenvalue weighted by Crippen LogP contribution is 2.27. The lowest BCUT2D eigenvalue weighted by molar-refractivity contribution is 0.0992. The third-order valence-corrected chi connectivity index (χ3v) is 5.94. The van der Waals surface area contributed by atoms with Crippen molar-refractivity contribution in [2.75, 3.05) is 5.32 Å². The summed E-state index contributed by atoms with van der Waals surface area (Å²) >= 11 is 24.6. The van der Waals surface area contributed by atoms with Crippen LogP contribution in [-0.2, 0) is 13.2 Å². The number of hydrogen-bond acceptors (Lipinski definition) is 4. The SMILES string of the molecule is Cc1cc(Cl)ccc1OCc1ccc(C(=O)Nc2nn(Cc3c(Cl)cccc3Cl)cc2Cl)o1. The van der Waals surface area contributed by atoms with Crippen molar-refractivity contribution in [3.63, 3.8) is 0 Å². The van der Waals surface area contributed by atoms with E-state index in [-0.39, 0.29) is 23.2 Å². The van der Waals surface area contributed by atoms with Crippen LogP contribution in [0.15, 0.2) is 59.1 Å². The van der Waals surface area contributed by atoms with Gasteiger partial charge < -0.3 is 14.5 Å². The lowest BCUT2D eigenvalue weighted by Gasteiger charge is -2.07. The first kappa shape index (κ1) is 23.5. The first-order chi connectivity index (χ1) is 15.8. The molecule has 0 unspecified atom stereocenters. The van der Waals surface area contributed by atoms with Gasteiger partial charge in [-0.2, -0.15) is 5.10 Å². The molecule has 6 nitrogen and oxygen atoms in total. The number of amides is 1. The molecule has 0 aliphatic heterocycles. The van der Waals surface area contributed by atoms with E-state index in [1.165, 1.54) is 0 Å². The van der Waals surface area contributed by atoms with Crippen molar-refractivity contribution in [1.29, 1.82) is 0 Å². The number of rotatable bonds is 7. The van der Waals surface area contributed by atoms with Crippen molar-refractivity contribution in [2.24, 2.45) is 0 Å². The Kier molecular flexibility index (Phi) is 7.20. The minimum Gasteiger partial charge on any atom is -0.485 e. The molecule has 0 saturated heterocycles. The van der Waals surface area contributed by atoms with Gasteiger partial charge in [0.25, 0.3) is 5.91 Å². The molecule has 0 aliphatic rings. The van der Waals surface area contributed by atoms with Crippen molar-refractivity contribution in [2.45, 2.75) is 20.1 Å². The van der Waals surface area contributed by atoms with Gasteiger partial charge in [0.15, 0.2) is 11.6 Å². The molecule has 0 saturated carbocycles. The largest absolute Gasteiger partial charge is 0.485 e. The standard InChI is InChI=1S/C23H17Cl4N3O3/c1-13-9-14(24)5-7-20(13)32-12-15-6-8-21(33-15)23(31)28-22-19(27)11-30(29-22)10-16-17(25)3-2-4-18(16)26/h2-9,11H,10,12H2,1H3,(H,28,29,31). The van der Waals surface area contributed by atoms with Gasteiger partial charge in [0.2, 0.25) is 0 Å². The second kappa shape index (κ2) is 10.1. The topological polar surface area (TPSA) is 69.3 Å². The number of aryl methyl sites for hydroxylation is 1. The van der Waals surface area contributed by atoms with E-state index in [2.05, 4.69) is 10.4 Å². The molecule has 10 heteroatoms. The van der Waals surface area contributed by atoms with E-state index in [1.54, 1.807) is 59.4 Å². The van der Waals surface area contributed by atoms with E-state index in [0.717, 1.165) is 5.56 Å². The molecule has 0 aliphatic carbocycles. The maximum atomic E-state index is 12.6. The van der Waals surface area contributed by atoms with E-state index in [1.807, 2.05) is 6.92 Å². The van der Waals surface area contributed by atoms with Crippen LogP contribution in [0.3, 0.4) is 0 Å². The number of aromatic nitrogens is 2. The van der Waals surface area contributed by atoms with Crippen LogP contribution in [-0.4, -0.2) is 15.7 Å². The van der Waals surface area contributed by atoms with Gasteiger partial charge in [0.1, 0.15) is 23.1 Å². The zero-order valence-corrected chi connectivity index (χ0v) is 20.3. The van der Waals surface area contributed by atoms with Gasteiger partial charge in [-0.25, -0.2) is 0 Å². The molecule has 0 atom stereocenters. The molecule has 4 rings (SSSR count).